The van der Waals surface area contributed by atoms with Crippen molar-refractivity contribution in [2.75, 3.05) is 20.3 Å². The topological polar surface area (TPSA) is 69.7 Å². The van der Waals surface area contributed by atoms with Crippen LogP contribution in [0.25, 0.3) is 0 Å². The summed E-state index contributed by atoms with van der Waals surface area (Å²) in [6.45, 7) is -4.46. The Morgan fingerprint density at radius 1 is 1.23 bits per heavy atom. The minimum absolute atomic E-state index is 0.0100. The van der Waals surface area contributed by atoms with E-state index in [4.69, 9.17) is 16.3 Å². The molecule has 0 aliphatic carbocycles. The number of methoxy groups -OCH3 is 1. The molecule has 2 aromatic rings. The summed E-state index contributed by atoms with van der Waals surface area (Å²) < 4.78 is 75.2. The van der Waals surface area contributed by atoms with E-state index in [0.717, 1.165) is 12.3 Å². The summed E-state index contributed by atoms with van der Waals surface area (Å²) in [7, 11) is 1.31. The third-order valence-electron chi connectivity index (χ3n) is 3.59. The van der Waals surface area contributed by atoms with Crippen molar-refractivity contribution in [3.63, 3.8) is 0 Å². The number of pyridine rings is 1. The molecule has 12 heteroatoms. The number of carbonyl (C=O) groups excluding carboxylic acids is 1. The van der Waals surface area contributed by atoms with Crippen LogP contribution in [0.4, 0.5) is 22.0 Å². The highest BCUT2D eigenvalue weighted by Crippen LogP contribution is 2.29. The van der Waals surface area contributed by atoms with Gasteiger partial charge in [-0.1, -0.05) is 17.7 Å². The van der Waals surface area contributed by atoms with Gasteiger partial charge in [0.25, 0.3) is 5.91 Å². The highest BCUT2D eigenvalue weighted by Gasteiger charge is 2.29. The van der Waals surface area contributed by atoms with E-state index in [0.29, 0.717) is 5.56 Å². The first-order valence-corrected chi connectivity index (χ1v) is 8.72. The number of rotatable bonds is 9. The standard InChI is InChI=1S/C18H16ClF5N2O4/c1-28-13-3-2-10(6-14(13)30-17(20)21)4-5-25-15(27)11-7-12(19)16(26-8-11)29-9-18(22,23)24/h2-3,6-8,17H,4-5,9H2,1H3,(H,25,27). The van der Waals surface area contributed by atoms with Crippen LogP contribution in [0.3, 0.4) is 0 Å². The van der Waals surface area contributed by atoms with Gasteiger partial charge < -0.3 is 19.5 Å². The molecule has 1 aromatic carbocycles. The van der Waals surface area contributed by atoms with Gasteiger partial charge in [0.05, 0.1) is 12.7 Å². The van der Waals surface area contributed by atoms with E-state index in [1.165, 1.54) is 19.2 Å². The highest BCUT2D eigenvalue weighted by atomic mass is 35.5. The largest absolute Gasteiger partial charge is 0.493 e. The van der Waals surface area contributed by atoms with Crippen molar-refractivity contribution in [3.05, 3.63) is 46.6 Å². The molecule has 0 fully saturated rings. The number of halogens is 6. The lowest BCUT2D eigenvalue weighted by atomic mass is 10.1. The smallest absolute Gasteiger partial charge is 0.422 e. The SMILES string of the molecule is COc1ccc(CCNC(=O)c2cnc(OCC(F)(F)F)c(Cl)c2)cc1OC(F)F. The van der Waals surface area contributed by atoms with Crippen molar-refractivity contribution < 1.29 is 41.0 Å². The summed E-state index contributed by atoms with van der Waals surface area (Å²) in [4.78, 5) is 15.8. The maximum absolute atomic E-state index is 12.5. The van der Waals surface area contributed by atoms with Crippen LogP contribution in [0.2, 0.25) is 5.02 Å². The van der Waals surface area contributed by atoms with Gasteiger partial charge in [0.15, 0.2) is 18.1 Å². The van der Waals surface area contributed by atoms with Crippen LogP contribution in [0, 0.1) is 0 Å². The molecule has 0 saturated heterocycles. The minimum Gasteiger partial charge on any atom is -0.493 e. The highest BCUT2D eigenvalue weighted by molar-refractivity contribution is 6.32. The molecule has 1 heterocycles. The van der Waals surface area contributed by atoms with Gasteiger partial charge in [-0.05, 0) is 30.2 Å². The Balaban J connectivity index is 1.94. The fourth-order valence-electron chi connectivity index (χ4n) is 2.29. The summed E-state index contributed by atoms with van der Waals surface area (Å²) in [5.74, 6) is -1.03. The second-order valence-electron chi connectivity index (χ2n) is 5.78. The Labute approximate surface area is 172 Å². The number of hydrogen-bond acceptors (Lipinski definition) is 5. The Morgan fingerprint density at radius 3 is 2.57 bits per heavy atom. The predicted octanol–water partition coefficient (Wildman–Crippen LogP) is 4.26. The molecule has 0 aliphatic heterocycles. The lowest BCUT2D eigenvalue weighted by Crippen LogP contribution is -2.26. The molecule has 1 amide bonds. The predicted molar refractivity (Wildman–Crippen MR) is 96.5 cm³/mol. The molecule has 0 spiro atoms. The molecule has 0 aliphatic rings. The molecular formula is C18H16ClF5N2O4. The second kappa shape index (κ2) is 10.3. The first-order chi connectivity index (χ1) is 14.1. The molecule has 164 valence electrons. The summed E-state index contributed by atoms with van der Waals surface area (Å²) in [6.07, 6.45) is -3.25. The van der Waals surface area contributed by atoms with E-state index in [2.05, 4.69) is 19.8 Å². The Bertz CT molecular complexity index is 880. The van der Waals surface area contributed by atoms with E-state index >= 15 is 0 Å². The first-order valence-electron chi connectivity index (χ1n) is 8.34. The summed E-state index contributed by atoms with van der Waals surface area (Å²) >= 11 is 5.80. The monoisotopic (exact) mass is 454 g/mol. The summed E-state index contributed by atoms with van der Waals surface area (Å²) in [5.41, 5.74) is 0.606. The van der Waals surface area contributed by atoms with Gasteiger partial charge in [-0.25, -0.2) is 4.98 Å². The van der Waals surface area contributed by atoms with E-state index in [9.17, 15) is 26.7 Å². The Hall–Kier alpha value is -2.82. The van der Waals surface area contributed by atoms with E-state index in [1.807, 2.05) is 0 Å². The third kappa shape index (κ3) is 7.21. The number of nitrogens with zero attached hydrogens (tertiary/aromatic N) is 1. The van der Waals surface area contributed by atoms with E-state index < -0.39 is 31.2 Å². The molecule has 6 nitrogen and oxygen atoms in total. The molecule has 0 unspecified atom stereocenters. The first kappa shape index (κ1) is 23.5. The zero-order chi connectivity index (χ0) is 22.3. The second-order valence-corrected chi connectivity index (χ2v) is 6.19. The third-order valence-corrected chi connectivity index (χ3v) is 3.86. The fraction of sp³-hybridized carbons (Fsp3) is 0.333. The van der Waals surface area contributed by atoms with Crippen LogP contribution in [0.5, 0.6) is 17.4 Å². The molecular weight excluding hydrogens is 439 g/mol. The number of benzene rings is 1. The molecule has 1 N–H and O–H groups in total. The van der Waals surface area contributed by atoms with Crippen molar-refractivity contribution in [3.8, 4) is 17.4 Å². The van der Waals surface area contributed by atoms with Crippen LogP contribution < -0.4 is 19.5 Å². The average molecular weight is 455 g/mol. The Morgan fingerprint density at radius 2 is 1.97 bits per heavy atom. The van der Waals surface area contributed by atoms with Gasteiger partial charge in [-0.15, -0.1) is 0 Å². The molecule has 0 bridgehead atoms. The molecule has 0 atom stereocenters. The molecule has 0 saturated carbocycles. The van der Waals surface area contributed by atoms with Crippen molar-refractivity contribution >= 4 is 17.5 Å². The number of nitrogens with one attached hydrogen (secondary N) is 1. The van der Waals surface area contributed by atoms with Crippen LogP contribution in [0.1, 0.15) is 15.9 Å². The maximum atomic E-state index is 12.5. The van der Waals surface area contributed by atoms with Crippen LogP contribution in [0.15, 0.2) is 30.5 Å². The number of aromatic nitrogens is 1. The normalized spacial score (nSPS) is 11.3. The fourth-order valence-corrected chi connectivity index (χ4v) is 2.51. The van der Waals surface area contributed by atoms with Gasteiger partial charge in [0, 0.05) is 12.7 Å². The maximum Gasteiger partial charge on any atom is 0.422 e. The molecule has 1 aromatic heterocycles. The van der Waals surface area contributed by atoms with Crippen molar-refractivity contribution in [1.29, 1.82) is 0 Å². The lowest BCUT2D eigenvalue weighted by molar-refractivity contribution is -0.154. The molecule has 30 heavy (non-hydrogen) atoms. The average Bonchev–Trinajstić information content (AvgIpc) is 2.66. The van der Waals surface area contributed by atoms with Gasteiger partial charge in [0.2, 0.25) is 5.88 Å². The van der Waals surface area contributed by atoms with Crippen LogP contribution in [-0.2, 0) is 6.42 Å². The van der Waals surface area contributed by atoms with Crippen LogP contribution >= 0.6 is 11.6 Å². The number of hydrogen-bond donors (Lipinski definition) is 1. The molecule has 2 rings (SSSR count). The van der Waals surface area contributed by atoms with Gasteiger partial charge in [-0.2, -0.15) is 22.0 Å². The minimum atomic E-state index is -4.55. The zero-order valence-electron chi connectivity index (χ0n) is 15.4. The quantitative estimate of drug-likeness (QED) is 0.573. The van der Waals surface area contributed by atoms with Crippen LogP contribution in [-0.4, -0.2) is 43.9 Å². The van der Waals surface area contributed by atoms with Gasteiger partial charge in [0.1, 0.15) is 5.02 Å². The summed E-state index contributed by atoms with van der Waals surface area (Å²) in [5, 5.41) is 2.31. The Kier molecular flexibility index (Phi) is 8.04. The van der Waals surface area contributed by atoms with Gasteiger partial charge >= 0.3 is 12.8 Å². The number of ether oxygens (including phenoxy) is 3. The summed E-state index contributed by atoms with van der Waals surface area (Å²) in [6, 6.07) is 5.56. The number of amides is 1. The van der Waals surface area contributed by atoms with E-state index in [-0.39, 0.29) is 35.1 Å². The zero-order valence-corrected chi connectivity index (χ0v) is 16.2. The van der Waals surface area contributed by atoms with Crippen molar-refractivity contribution in [2.45, 2.75) is 19.2 Å². The van der Waals surface area contributed by atoms with Gasteiger partial charge in [-0.3, -0.25) is 4.79 Å². The molecule has 0 radical (unpaired) electrons. The van der Waals surface area contributed by atoms with Crippen molar-refractivity contribution in [1.82, 2.24) is 10.3 Å². The number of alkyl halides is 5. The van der Waals surface area contributed by atoms with Crippen molar-refractivity contribution in [2.24, 2.45) is 0 Å². The number of carbonyl (C=O) groups is 1. The lowest BCUT2D eigenvalue weighted by Gasteiger charge is -2.12. The van der Waals surface area contributed by atoms with E-state index in [1.54, 1.807) is 6.07 Å².